The van der Waals surface area contributed by atoms with Crippen LogP contribution in [0.15, 0.2) is 120 Å². The lowest BCUT2D eigenvalue weighted by Gasteiger charge is -2.39. The highest BCUT2D eigenvalue weighted by Gasteiger charge is 2.30. The first-order valence-corrected chi connectivity index (χ1v) is 20.5. The number of nitrogens with zero attached hydrogens (tertiary/aromatic N) is 8. The number of rotatable bonds is 14. The van der Waals surface area contributed by atoms with Crippen LogP contribution in [-0.4, -0.2) is 94.2 Å². The van der Waals surface area contributed by atoms with E-state index in [9.17, 15) is 30.4 Å². The van der Waals surface area contributed by atoms with Crippen molar-refractivity contribution in [3.8, 4) is 28.5 Å². The average molecular weight is 844 g/mol. The van der Waals surface area contributed by atoms with Gasteiger partial charge < -0.3 is 9.47 Å². The summed E-state index contributed by atoms with van der Waals surface area (Å²) in [7, 11) is -7.17. The van der Waals surface area contributed by atoms with E-state index in [0.717, 1.165) is 11.8 Å². The highest BCUT2D eigenvalue weighted by atomic mass is 32.2. The zero-order chi connectivity index (χ0) is 41.3. The van der Waals surface area contributed by atoms with Crippen LogP contribution in [0.25, 0.3) is 22.8 Å². The van der Waals surface area contributed by atoms with Gasteiger partial charge in [-0.25, -0.2) is 39.8 Å². The summed E-state index contributed by atoms with van der Waals surface area (Å²) in [6.07, 6.45) is 4.59. The van der Waals surface area contributed by atoms with E-state index in [1.54, 1.807) is 18.2 Å². The summed E-state index contributed by atoms with van der Waals surface area (Å²) >= 11 is 0. The first-order chi connectivity index (χ1) is 28.3. The van der Waals surface area contributed by atoms with Crippen molar-refractivity contribution < 1.29 is 39.9 Å². The molecular formula is C37H31F2N11O7S2. The first kappa shape index (κ1) is 38.8. The van der Waals surface area contributed by atoms with Crippen molar-refractivity contribution in [1.29, 1.82) is 0 Å². The molecule has 0 bridgehead atoms. The molecule has 0 saturated carbocycles. The van der Waals surface area contributed by atoms with Crippen LogP contribution in [0.1, 0.15) is 15.9 Å². The molecule has 1 aliphatic rings. The Bertz CT molecular complexity index is 2870. The number of hydrogen-bond donors (Lipinski definition) is 3. The number of sulfonamides is 2. The quantitative estimate of drug-likeness (QED) is 0.131. The van der Waals surface area contributed by atoms with Crippen molar-refractivity contribution in [2.24, 2.45) is 0 Å². The van der Waals surface area contributed by atoms with E-state index < -0.39 is 37.7 Å². The molecule has 18 nitrogen and oxygen atoms in total. The molecule has 4 heterocycles. The molecule has 1 saturated heterocycles. The van der Waals surface area contributed by atoms with Gasteiger partial charge in [0.05, 0.1) is 60.2 Å². The number of H-pyrrole nitrogens is 1. The fourth-order valence-corrected chi connectivity index (χ4v) is 8.17. The average Bonchev–Trinajstić information content (AvgIpc) is 4.02. The predicted molar refractivity (Wildman–Crippen MR) is 206 cm³/mol. The Labute approximate surface area is 334 Å². The fraction of sp³-hybridized carbons (Fsp3) is 0.135. The van der Waals surface area contributed by atoms with Crippen molar-refractivity contribution >= 4 is 37.4 Å². The molecule has 7 aromatic rings. The normalized spacial score (nSPS) is 13.5. The molecule has 8 rings (SSSR count). The van der Waals surface area contributed by atoms with Gasteiger partial charge >= 0.3 is 5.97 Å². The van der Waals surface area contributed by atoms with Crippen LogP contribution in [-0.2, 0) is 31.3 Å². The molecule has 22 heteroatoms. The third-order valence-corrected chi connectivity index (χ3v) is 11.7. The van der Waals surface area contributed by atoms with E-state index in [2.05, 4.69) is 45.2 Å². The number of likely N-dealkylation sites (tertiary alicyclic amines) is 1. The van der Waals surface area contributed by atoms with E-state index in [1.165, 1.54) is 102 Å². The van der Waals surface area contributed by atoms with Gasteiger partial charge in [-0.05, 0) is 89.6 Å². The SMILES string of the molecule is COC(=O)c1cc(OC2CN(Cc3ccc(NS(=O)(=O)c4cnn(-c5ccc(F)cc5)c4)c(-c4nn[nH]n4)c3)C2)ccc1NS(=O)(=O)c1cnn(-c2ccc(F)cc2)c1. The van der Waals surface area contributed by atoms with E-state index in [4.69, 9.17) is 9.47 Å². The number of nitrogens with one attached hydrogen (secondary N) is 3. The molecule has 0 atom stereocenters. The summed E-state index contributed by atoms with van der Waals surface area (Å²) in [6.45, 7) is 1.43. The second-order valence-electron chi connectivity index (χ2n) is 13.2. The summed E-state index contributed by atoms with van der Waals surface area (Å²) < 4.78 is 98.8. The predicted octanol–water partition coefficient (Wildman–Crippen LogP) is 4.17. The second kappa shape index (κ2) is 15.7. The van der Waals surface area contributed by atoms with Crippen LogP contribution in [0, 0.1) is 11.6 Å². The number of halogens is 2. The maximum atomic E-state index is 13.4. The van der Waals surface area contributed by atoms with Crippen molar-refractivity contribution in [3.63, 3.8) is 0 Å². The van der Waals surface area contributed by atoms with Crippen LogP contribution >= 0.6 is 0 Å². The highest BCUT2D eigenvalue weighted by molar-refractivity contribution is 7.93. The molecule has 3 aromatic heterocycles. The smallest absolute Gasteiger partial charge is 0.340 e. The molecule has 0 aliphatic carbocycles. The largest absolute Gasteiger partial charge is 0.488 e. The lowest BCUT2D eigenvalue weighted by atomic mass is 10.1. The van der Waals surface area contributed by atoms with E-state index in [-0.39, 0.29) is 38.7 Å². The van der Waals surface area contributed by atoms with Crippen LogP contribution in [0.4, 0.5) is 20.2 Å². The lowest BCUT2D eigenvalue weighted by Crippen LogP contribution is -2.53. The van der Waals surface area contributed by atoms with E-state index in [0.29, 0.717) is 42.3 Å². The molecular weight excluding hydrogens is 813 g/mol. The number of anilines is 2. The second-order valence-corrected chi connectivity index (χ2v) is 16.5. The van der Waals surface area contributed by atoms with E-state index in [1.807, 2.05) is 0 Å². The maximum absolute atomic E-state index is 13.4. The summed E-state index contributed by atoms with van der Waals surface area (Å²) in [5, 5.41) is 22.3. The first-order valence-electron chi connectivity index (χ1n) is 17.5. The van der Waals surface area contributed by atoms with Gasteiger partial charge in [-0.1, -0.05) is 6.07 Å². The zero-order valence-electron chi connectivity index (χ0n) is 30.6. The fourth-order valence-electron chi connectivity index (χ4n) is 6.15. The van der Waals surface area contributed by atoms with Gasteiger partial charge in [-0.2, -0.15) is 15.4 Å². The monoisotopic (exact) mass is 843 g/mol. The Morgan fingerprint density at radius 3 is 1.93 bits per heavy atom. The Kier molecular flexibility index (Phi) is 10.3. The molecule has 0 unspecified atom stereocenters. The highest BCUT2D eigenvalue weighted by Crippen LogP contribution is 2.31. The summed E-state index contributed by atoms with van der Waals surface area (Å²) in [4.78, 5) is 14.5. The minimum atomic E-state index is -4.21. The van der Waals surface area contributed by atoms with Gasteiger partial charge in [0.2, 0.25) is 5.82 Å². The van der Waals surface area contributed by atoms with Gasteiger partial charge in [0, 0.05) is 25.2 Å². The number of ether oxygens (including phenoxy) is 2. The topological polar surface area (TPSA) is 221 Å². The molecule has 1 aliphatic heterocycles. The van der Waals surface area contributed by atoms with Crippen molar-refractivity contribution in [3.05, 3.63) is 132 Å². The van der Waals surface area contributed by atoms with Gasteiger partial charge in [0.15, 0.2) is 0 Å². The van der Waals surface area contributed by atoms with Crippen LogP contribution in [0.2, 0.25) is 0 Å². The van der Waals surface area contributed by atoms with Crippen molar-refractivity contribution in [2.45, 2.75) is 22.4 Å². The van der Waals surface area contributed by atoms with Crippen LogP contribution in [0.3, 0.4) is 0 Å². The van der Waals surface area contributed by atoms with Gasteiger partial charge in [0.25, 0.3) is 20.0 Å². The van der Waals surface area contributed by atoms with Gasteiger partial charge in [-0.15, -0.1) is 10.2 Å². The molecule has 1 fully saturated rings. The number of methoxy groups -OCH3 is 1. The number of aromatic nitrogens is 8. The minimum Gasteiger partial charge on any atom is -0.488 e. The van der Waals surface area contributed by atoms with Crippen molar-refractivity contribution in [2.75, 3.05) is 29.6 Å². The van der Waals surface area contributed by atoms with Crippen LogP contribution < -0.4 is 14.2 Å². The Morgan fingerprint density at radius 2 is 1.37 bits per heavy atom. The standard InChI is InChI=1S/C37H31F2N11O7S2/c1-56-37(51)33-15-28(11-13-35(33)45-59(54,55)31-17-41-50(22-31)27-9-5-25(39)6-10-27)57-29-19-48(20-29)18-23-2-12-34(32(14-23)36-42-46-47-43-36)44-58(52,53)30-16-40-49(21-30)26-7-3-24(38)4-8-26/h2-17,21-22,29,44-45H,18-20H2,1H3,(H,42,43,46,47). The molecule has 59 heavy (non-hydrogen) atoms. The number of esters is 1. The van der Waals surface area contributed by atoms with Crippen molar-refractivity contribution in [1.82, 2.24) is 45.1 Å². The van der Waals surface area contributed by atoms with Gasteiger partial charge in [-0.3, -0.25) is 14.3 Å². The molecule has 0 spiro atoms. The number of carbonyl (C=O) groups excluding carboxylic acids is 1. The molecule has 302 valence electrons. The third kappa shape index (κ3) is 8.49. The number of hydrogen-bond acceptors (Lipinski definition) is 13. The Morgan fingerprint density at radius 1 is 0.797 bits per heavy atom. The van der Waals surface area contributed by atoms with E-state index >= 15 is 0 Å². The Balaban J connectivity index is 0.918. The third-order valence-electron chi connectivity index (χ3n) is 9.11. The van der Waals surface area contributed by atoms with Crippen LogP contribution in [0.5, 0.6) is 5.75 Å². The minimum absolute atomic E-state index is 0.0443. The number of tetrazole rings is 1. The van der Waals surface area contributed by atoms with Gasteiger partial charge in [0.1, 0.15) is 33.3 Å². The summed E-state index contributed by atoms with van der Waals surface area (Å²) in [5.41, 5.74) is 2.16. The summed E-state index contributed by atoms with van der Waals surface area (Å²) in [6, 6.07) is 20.2. The lowest BCUT2D eigenvalue weighted by molar-refractivity contribution is 0.0145. The summed E-state index contributed by atoms with van der Waals surface area (Å²) in [5.74, 6) is -1.22. The molecule has 4 aromatic carbocycles. The molecule has 0 amide bonds. The zero-order valence-corrected chi connectivity index (χ0v) is 32.2. The molecule has 3 N–H and O–H groups in total. The number of aromatic amines is 1. The number of benzene rings is 4. The molecule has 0 radical (unpaired) electrons. The Hall–Kier alpha value is -7.04. The maximum Gasteiger partial charge on any atom is 0.340 e. The number of carbonyl (C=O) groups is 1.